The van der Waals surface area contributed by atoms with Crippen LogP contribution in [0.15, 0.2) is 66.3 Å². The molecule has 0 fully saturated rings. The van der Waals surface area contributed by atoms with Crippen LogP contribution < -0.4 is 10.1 Å². The Hall–Kier alpha value is -3.27. The molecular formula is C22H21F3N4O2S. The molecule has 0 saturated carbocycles. The first-order chi connectivity index (χ1) is 15.3. The Morgan fingerprint density at radius 3 is 2.66 bits per heavy atom. The first-order valence-electron chi connectivity index (χ1n) is 9.58. The van der Waals surface area contributed by atoms with Gasteiger partial charge in [0.1, 0.15) is 12.4 Å². The second kappa shape index (κ2) is 10.4. The predicted molar refractivity (Wildman–Crippen MR) is 117 cm³/mol. The van der Waals surface area contributed by atoms with Crippen molar-refractivity contribution in [1.82, 2.24) is 14.8 Å². The minimum absolute atomic E-state index is 0.0691. The average molecular weight is 462 g/mol. The number of thioether (sulfide) groups is 1. The summed E-state index contributed by atoms with van der Waals surface area (Å²) in [5.41, 5.74) is 0.997. The zero-order valence-electron chi connectivity index (χ0n) is 17.2. The minimum Gasteiger partial charge on any atom is -0.486 e. The number of rotatable bonds is 9. The van der Waals surface area contributed by atoms with E-state index in [-0.39, 0.29) is 24.0 Å². The Balaban J connectivity index is 1.63. The number of anilines is 1. The summed E-state index contributed by atoms with van der Waals surface area (Å²) < 4.78 is 45.8. The summed E-state index contributed by atoms with van der Waals surface area (Å²) in [6.45, 7) is 5.93. The zero-order valence-corrected chi connectivity index (χ0v) is 18.0. The molecule has 1 heterocycles. The molecule has 0 unspecified atom stereocenters. The first-order valence-corrected chi connectivity index (χ1v) is 10.6. The van der Waals surface area contributed by atoms with Gasteiger partial charge >= 0.3 is 6.18 Å². The van der Waals surface area contributed by atoms with Crippen molar-refractivity contribution in [2.45, 2.75) is 31.4 Å². The summed E-state index contributed by atoms with van der Waals surface area (Å²) in [5, 5.41) is 11.4. The van der Waals surface area contributed by atoms with Gasteiger partial charge in [0.25, 0.3) is 0 Å². The van der Waals surface area contributed by atoms with Gasteiger partial charge in [-0.1, -0.05) is 41.6 Å². The van der Waals surface area contributed by atoms with Crippen LogP contribution in [-0.2, 0) is 24.1 Å². The molecule has 0 aliphatic heterocycles. The molecule has 1 amide bonds. The lowest BCUT2D eigenvalue weighted by Gasteiger charge is -2.11. The summed E-state index contributed by atoms with van der Waals surface area (Å²) in [6.07, 6.45) is -2.82. The molecule has 0 saturated heterocycles. The smallest absolute Gasteiger partial charge is 0.416 e. The van der Waals surface area contributed by atoms with Crippen LogP contribution in [0.1, 0.15) is 17.0 Å². The number of aromatic nitrogens is 3. The van der Waals surface area contributed by atoms with Crippen LogP contribution in [0.4, 0.5) is 18.9 Å². The van der Waals surface area contributed by atoms with Gasteiger partial charge in [-0.05, 0) is 37.3 Å². The fraction of sp³-hybridized carbons (Fsp3) is 0.227. The van der Waals surface area contributed by atoms with E-state index < -0.39 is 11.7 Å². The maximum Gasteiger partial charge on any atom is 0.416 e. The molecule has 1 N–H and O–H groups in total. The van der Waals surface area contributed by atoms with Gasteiger partial charge in [0.05, 0.1) is 11.3 Å². The summed E-state index contributed by atoms with van der Waals surface area (Å²) >= 11 is 1.19. The lowest BCUT2D eigenvalue weighted by atomic mass is 10.2. The average Bonchev–Trinajstić information content (AvgIpc) is 3.14. The largest absolute Gasteiger partial charge is 0.486 e. The molecule has 3 aromatic rings. The van der Waals surface area contributed by atoms with E-state index in [1.807, 2.05) is 31.2 Å². The number of hydrogen-bond donors (Lipinski definition) is 1. The van der Waals surface area contributed by atoms with E-state index in [1.54, 1.807) is 10.6 Å². The highest BCUT2D eigenvalue weighted by Gasteiger charge is 2.30. The lowest BCUT2D eigenvalue weighted by molar-refractivity contribution is -0.137. The molecule has 168 valence electrons. The molecule has 0 atom stereocenters. The lowest BCUT2D eigenvalue weighted by Crippen LogP contribution is -2.15. The van der Waals surface area contributed by atoms with E-state index in [9.17, 15) is 18.0 Å². The Morgan fingerprint density at radius 2 is 1.97 bits per heavy atom. The Bertz CT molecular complexity index is 1080. The quantitative estimate of drug-likeness (QED) is 0.354. The van der Waals surface area contributed by atoms with Crippen molar-refractivity contribution in [1.29, 1.82) is 0 Å². The van der Waals surface area contributed by atoms with Crippen molar-refractivity contribution in [3.63, 3.8) is 0 Å². The summed E-state index contributed by atoms with van der Waals surface area (Å²) in [7, 11) is 0. The summed E-state index contributed by atoms with van der Waals surface area (Å²) in [5.74, 6) is 0.384. The van der Waals surface area contributed by atoms with Crippen LogP contribution in [0.2, 0.25) is 0 Å². The number of carbonyl (C=O) groups excluding carboxylic acids is 1. The number of allylic oxidation sites excluding steroid dienone is 1. The van der Waals surface area contributed by atoms with Crippen molar-refractivity contribution in [2.24, 2.45) is 0 Å². The van der Waals surface area contributed by atoms with Gasteiger partial charge in [0, 0.05) is 12.2 Å². The Labute approximate surface area is 187 Å². The van der Waals surface area contributed by atoms with Crippen LogP contribution in [0.3, 0.4) is 0 Å². The van der Waals surface area contributed by atoms with E-state index in [2.05, 4.69) is 22.1 Å². The molecular weight excluding hydrogens is 441 g/mol. The third-order valence-electron chi connectivity index (χ3n) is 4.30. The number of nitrogens with one attached hydrogen (secondary N) is 1. The normalized spacial score (nSPS) is 11.2. The highest BCUT2D eigenvalue weighted by molar-refractivity contribution is 7.99. The standard InChI is InChI=1S/C22H21F3N4O2S/c1-3-11-29-19(13-31-18-6-4-5-16(12-18)22(23,24)25)27-28-21(29)32-14-20(30)26-17-9-7-15(2)8-10-17/h3-10,12H,1,11,13-14H2,2H3,(H,26,30). The first kappa shape index (κ1) is 23.4. The number of carbonyl (C=O) groups is 1. The van der Waals surface area contributed by atoms with Gasteiger partial charge in [0.2, 0.25) is 5.91 Å². The third kappa shape index (κ3) is 6.36. The molecule has 0 radical (unpaired) electrons. The van der Waals surface area contributed by atoms with Gasteiger partial charge < -0.3 is 10.1 Å². The second-order valence-corrected chi connectivity index (χ2v) is 7.76. The maximum absolute atomic E-state index is 12.9. The van der Waals surface area contributed by atoms with E-state index in [4.69, 9.17) is 4.74 Å². The molecule has 0 spiro atoms. The Kier molecular flexibility index (Phi) is 7.57. The van der Waals surface area contributed by atoms with Gasteiger partial charge in [0.15, 0.2) is 11.0 Å². The van der Waals surface area contributed by atoms with E-state index in [0.717, 1.165) is 17.7 Å². The number of nitrogens with zero attached hydrogens (tertiary/aromatic N) is 3. The summed E-state index contributed by atoms with van der Waals surface area (Å²) in [6, 6.07) is 12.1. The molecule has 0 aliphatic rings. The van der Waals surface area contributed by atoms with Crippen molar-refractivity contribution >= 4 is 23.4 Å². The number of benzene rings is 2. The van der Waals surface area contributed by atoms with Crippen LogP contribution >= 0.6 is 11.8 Å². The van der Waals surface area contributed by atoms with E-state index >= 15 is 0 Å². The highest BCUT2D eigenvalue weighted by Crippen LogP contribution is 2.31. The fourth-order valence-corrected chi connectivity index (χ4v) is 3.49. The van der Waals surface area contributed by atoms with Crippen LogP contribution in [0.5, 0.6) is 5.75 Å². The van der Waals surface area contributed by atoms with Gasteiger partial charge in [-0.3, -0.25) is 9.36 Å². The van der Waals surface area contributed by atoms with Crippen LogP contribution in [-0.4, -0.2) is 26.4 Å². The third-order valence-corrected chi connectivity index (χ3v) is 5.27. The molecule has 0 bridgehead atoms. The number of aryl methyl sites for hydroxylation is 1. The molecule has 0 aliphatic carbocycles. The number of alkyl halides is 3. The highest BCUT2D eigenvalue weighted by atomic mass is 32.2. The summed E-state index contributed by atoms with van der Waals surface area (Å²) in [4.78, 5) is 12.2. The molecule has 2 aromatic carbocycles. The molecule has 1 aromatic heterocycles. The Morgan fingerprint density at radius 1 is 1.22 bits per heavy atom. The molecule has 6 nitrogen and oxygen atoms in total. The number of amides is 1. The molecule has 3 rings (SSSR count). The second-order valence-electron chi connectivity index (χ2n) is 6.82. The monoisotopic (exact) mass is 462 g/mol. The fourth-order valence-electron chi connectivity index (χ4n) is 2.72. The van der Waals surface area contributed by atoms with Gasteiger partial charge in [-0.25, -0.2) is 0 Å². The van der Waals surface area contributed by atoms with Crippen LogP contribution in [0.25, 0.3) is 0 Å². The van der Waals surface area contributed by atoms with Crippen molar-refractivity contribution in [2.75, 3.05) is 11.1 Å². The van der Waals surface area contributed by atoms with Gasteiger partial charge in [-0.15, -0.1) is 16.8 Å². The zero-order chi connectivity index (χ0) is 23.1. The predicted octanol–water partition coefficient (Wildman–Crippen LogP) is 5.10. The topological polar surface area (TPSA) is 69.0 Å². The van der Waals surface area contributed by atoms with Gasteiger partial charge in [-0.2, -0.15) is 13.2 Å². The number of ether oxygens (including phenoxy) is 1. The SMILES string of the molecule is C=CCn1c(COc2cccc(C(F)(F)F)c2)nnc1SCC(=O)Nc1ccc(C)cc1. The van der Waals surface area contributed by atoms with Crippen molar-refractivity contribution in [3.8, 4) is 5.75 Å². The van der Waals surface area contributed by atoms with Crippen LogP contribution in [0, 0.1) is 6.92 Å². The number of halogens is 3. The molecule has 10 heteroatoms. The number of hydrogen-bond acceptors (Lipinski definition) is 5. The van der Waals surface area contributed by atoms with Crippen molar-refractivity contribution < 1.29 is 22.7 Å². The van der Waals surface area contributed by atoms with E-state index in [0.29, 0.717) is 23.2 Å². The maximum atomic E-state index is 12.9. The minimum atomic E-state index is -4.45. The van der Waals surface area contributed by atoms with E-state index in [1.165, 1.54) is 23.9 Å². The van der Waals surface area contributed by atoms with Crippen molar-refractivity contribution in [3.05, 3.63) is 78.1 Å². The molecule has 32 heavy (non-hydrogen) atoms.